The van der Waals surface area contributed by atoms with Crippen molar-refractivity contribution in [1.82, 2.24) is 10.2 Å². The number of likely N-dealkylation sites (tertiary alicyclic amines) is 1. The Morgan fingerprint density at radius 2 is 2.00 bits per heavy atom. The van der Waals surface area contributed by atoms with Crippen molar-refractivity contribution >= 4 is 11.8 Å². The fourth-order valence-corrected chi connectivity index (χ4v) is 2.87. The van der Waals surface area contributed by atoms with Gasteiger partial charge >= 0.3 is 0 Å². The third-order valence-corrected chi connectivity index (χ3v) is 4.29. The quantitative estimate of drug-likeness (QED) is 0.661. The number of nitrogens with one attached hydrogen (secondary N) is 1. The van der Waals surface area contributed by atoms with Gasteiger partial charge in [0.05, 0.1) is 0 Å². The molecule has 0 spiro atoms. The Labute approximate surface area is 106 Å². The van der Waals surface area contributed by atoms with Crippen LogP contribution in [-0.2, 0) is 0 Å². The second kappa shape index (κ2) is 8.37. The number of nitrogens with zero attached hydrogens (tertiary/aromatic N) is 1. The molecule has 1 saturated heterocycles. The highest BCUT2D eigenvalue weighted by atomic mass is 32.2. The number of hydrogen-bond acceptors (Lipinski definition) is 3. The van der Waals surface area contributed by atoms with E-state index in [-0.39, 0.29) is 0 Å². The lowest BCUT2D eigenvalue weighted by atomic mass is 10.1. The molecule has 1 rings (SSSR count). The SMILES string of the molecule is CSCCCCCCNC1CC(C)N(C)C1. The zero-order valence-corrected chi connectivity index (χ0v) is 12.0. The van der Waals surface area contributed by atoms with E-state index in [2.05, 4.69) is 30.4 Å². The molecule has 1 N–H and O–H groups in total. The molecular weight excluding hydrogens is 216 g/mol. The van der Waals surface area contributed by atoms with Crippen LogP contribution in [0.15, 0.2) is 0 Å². The lowest BCUT2D eigenvalue weighted by Crippen LogP contribution is -2.32. The third kappa shape index (κ3) is 5.55. The maximum atomic E-state index is 3.69. The van der Waals surface area contributed by atoms with E-state index < -0.39 is 0 Å². The smallest absolute Gasteiger partial charge is 0.0209 e. The normalized spacial score (nSPS) is 26.4. The van der Waals surface area contributed by atoms with E-state index in [9.17, 15) is 0 Å². The fraction of sp³-hybridized carbons (Fsp3) is 1.00. The molecular formula is C13H28N2S. The van der Waals surface area contributed by atoms with Crippen LogP contribution in [0, 0.1) is 0 Å². The van der Waals surface area contributed by atoms with E-state index in [4.69, 9.17) is 0 Å². The number of thioether (sulfide) groups is 1. The summed E-state index contributed by atoms with van der Waals surface area (Å²) in [5, 5.41) is 3.69. The first kappa shape index (κ1) is 14.3. The molecule has 0 aromatic heterocycles. The van der Waals surface area contributed by atoms with Crippen LogP contribution in [0.5, 0.6) is 0 Å². The average Bonchev–Trinajstić information content (AvgIpc) is 2.57. The van der Waals surface area contributed by atoms with Gasteiger partial charge in [0.25, 0.3) is 0 Å². The van der Waals surface area contributed by atoms with E-state index >= 15 is 0 Å². The predicted molar refractivity (Wildman–Crippen MR) is 75.3 cm³/mol. The Hall–Kier alpha value is 0.270. The van der Waals surface area contributed by atoms with Crippen molar-refractivity contribution in [2.45, 2.75) is 51.1 Å². The third-order valence-electron chi connectivity index (χ3n) is 3.59. The summed E-state index contributed by atoms with van der Waals surface area (Å²) in [6.07, 6.45) is 9.06. The number of likely N-dealkylation sites (N-methyl/N-ethyl adjacent to an activating group) is 1. The van der Waals surface area contributed by atoms with Crippen molar-refractivity contribution in [2.24, 2.45) is 0 Å². The molecule has 0 radical (unpaired) electrons. The van der Waals surface area contributed by atoms with Crippen LogP contribution in [0.4, 0.5) is 0 Å². The maximum absolute atomic E-state index is 3.69. The topological polar surface area (TPSA) is 15.3 Å². The van der Waals surface area contributed by atoms with Crippen LogP contribution in [0.2, 0.25) is 0 Å². The van der Waals surface area contributed by atoms with Crippen LogP contribution in [0.3, 0.4) is 0 Å². The first-order chi connectivity index (χ1) is 7.74. The monoisotopic (exact) mass is 244 g/mol. The first-order valence-electron chi connectivity index (χ1n) is 6.66. The molecule has 0 amide bonds. The van der Waals surface area contributed by atoms with E-state index in [0.717, 1.165) is 12.1 Å². The predicted octanol–water partition coefficient (Wildman–Crippen LogP) is 2.59. The second-order valence-electron chi connectivity index (χ2n) is 5.08. The summed E-state index contributed by atoms with van der Waals surface area (Å²) in [6.45, 7) is 4.77. The van der Waals surface area contributed by atoms with Crippen LogP contribution in [0.25, 0.3) is 0 Å². The number of rotatable bonds is 8. The van der Waals surface area contributed by atoms with Gasteiger partial charge in [0.15, 0.2) is 0 Å². The molecule has 1 aliphatic heterocycles. The Bertz CT molecular complexity index is 165. The Morgan fingerprint density at radius 3 is 2.62 bits per heavy atom. The summed E-state index contributed by atoms with van der Waals surface area (Å²) in [5.74, 6) is 1.33. The minimum Gasteiger partial charge on any atom is -0.313 e. The van der Waals surface area contributed by atoms with Gasteiger partial charge in [0.2, 0.25) is 0 Å². The van der Waals surface area contributed by atoms with Crippen molar-refractivity contribution in [1.29, 1.82) is 0 Å². The Morgan fingerprint density at radius 1 is 1.25 bits per heavy atom. The zero-order chi connectivity index (χ0) is 11.8. The average molecular weight is 244 g/mol. The summed E-state index contributed by atoms with van der Waals surface area (Å²) < 4.78 is 0. The van der Waals surface area contributed by atoms with Gasteiger partial charge in [-0.2, -0.15) is 11.8 Å². The van der Waals surface area contributed by atoms with E-state index in [1.54, 1.807) is 0 Å². The zero-order valence-electron chi connectivity index (χ0n) is 11.2. The molecule has 0 saturated carbocycles. The lowest BCUT2D eigenvalue weighted by molar-refractivity contribution is 0.326. The van der Waals surface area contributed by atoms with Gasteiger partial charge in [-0.25, -0.2) is 0 Å². The molecule has 0 aliphatic carbocycles. The van der Waals surface area contributed by atoms with Gasteiger partial charge < -0.3 is 10.2 Å². The number of unbranched alkanes of at least 4 members (excludes halogenated alkanes) is 3. The van der Waals surface area contributed by atoms with Crippen LogP contribution >= 0.6 is 11.8 Å². The standard InChI is InChI=1S/C13H28N2S/c1-12-10-13(11-15(12)2)14-8-6-4-5-7-9-16-3/h12-14H,4-11H2,1-3H3. The van der Waals surface area contributed by atoms with Gasteiger partial charge in [-0.15, -0.1) is 0 Å². The molecule has 1 fully saturated rings. The van der Waals surface area contributed by atoms with Gasteiger partial charge in [-0.05, 0) is 51.8 Å². The van der Waals surface area contributed by atoms with Crippen molar-refractivity contribution in [3.8, 4) is 0 Å². The summed E-state index contributed by atoms with van der Waals surface area (Å²) in [4.78, 5) is 2.45. The molecule has 0 aromatic rings. The summed E-state index contributed by atoms with van der Waals surface area (Å²) in [5.41, 5.74) is 0. The Kier molecular flexibility index (Phi) is 7.50. The molecule has 16 heavy (non-hydrogen) atoms. The van der Waals surface area contributed by atoms with Crippen molar-refractivity contribution in [3.63, 3.8) is 0 Å². The summed E-state index contributed by atoms with van der Waals surface area (Å²) in [7, 11) is 2.23. The molecule has 2 unspecified atom stereocenters. The maximum Gasteiger partial charge on any atom is 0.0209 e. The van der Waals surface area contributed by atoms with Crippen molar-refractivity contribution < 1.29 is 0 Å². The van der Waals surface area contributed by atoms with Crippen LogP contribution in [-0.4, -0.2) is 49.1 Å². The fourth-order valence-electron chi connectivity index (χ4n) is 2.37. The van der Waals surface area contributed by atoms with Gasteiger partial charge in [0.1, 0.15) is 0 Å². The van der Waals surface area contributed by atoms with Crippen LogP contribution < -0.4 is 5.32 Å². The molecule has 2 atom stereocenters. The highest BCUT2D eigenvalue weighted by molar-refractivity contribution is 7.98. The highest BCUT2D eigenvalue weighted by Gasteiger charge is 2.24. The van der Waals surface area contributed by atoms with Crippen LogP contribution in [0.1, 0.15) is 39.0 Å². The molecule has 0 aromatic carbocycles. The number of hydrogen-bond donors (Lipinski definition) is 1. The highest BCUT2D eigenvalue weighted by Crippen LogP contribution is 2.14. The van der Waals surface area contributed by atoms with Gasteiger partial charge in [-0.1, -0.05) is 12.8 Å². The van der Waals surface area contributed by atoms with E-state index in [1.807, 2.05) is 11.8 Å². The molecule has 3 heteroatoms. The largest absolute Gasteiger partial charge is 0.313 e. The van der Waals surface area contributed by atoms with Crippen molar-refractivity contribution in [2.75, 3.05) is 32.1 Å². The molecule has 0 bridgehead atoms. The minimum atomic E-state index is 0.742. The Balaban J connectivity index is 1.88. The molecule has 1 heterocycles. The summed E-state index contributed by atoms with van der Waals surface area (Å²) >= 11 is 1.97. The molecule has 96 valence electrons. The van der Waals surface area contributed by atoms with Gasteiger partial charge in [0, 0.05) is 18.6 Å². The molecule has 2 nitrogen and oxygen atoms in total. The summed E-state index contributed by atoms with van der Waals surface area (Å²) in [6, 6.07) is 1.50. The van der Waals surface area contributed by atoms with E-state index in [0.29, 0.717) is 0 Å². The first-order valence-corrected chi connectivity index (χ1v) is 8.06. The second-order valence-corrected chi connectivity index (χ2v) is 6.07. The lowest BCUT2D eigenvalue weighted by Gasteiger charge is -2.13. The minimum absolute atomic E-state index is 0.742. The molecule has 1 aliphatic rings. The van der Waals surface area contributed by atoms with Crippen molar-refractivity contribution in [3.05, 3.63) is 0 Å². The van der Waals surface area contributed by atoms with Gasteiger partial charge in [-0.3, -0.25) is 0 Å². The van der Waals surface area contributed by atoms with E-state index in [1.165, 1.54) is 50.9 Å².